The van der Waals surface area contributed by atoms with Crippen molar-refractivity contribution in [2.75, 3.05) is 19.7 Å². The summed E-state index contributed by atoms with van der Waals surface area (Å²) in [6, 6.07) is 13.1. The summed E-state index contributed by atoms with van der Waals surface area (Å²) in [4.78, 5) is 4.56. The van der Waals surface area contributed by atoms with Gasteiger partial charge in [-0.15, -0.1) is 10.2 Å². The molecule has 136 valence electrons. The average molecular weight is 373 g/mol. The fourth-order valence-corrected chi connectivity index (χ4v) is 2.57. The number of nitrogens with one attached hydrogen (secondary N) is 2. The summed E-state index contributed by atoms with van der Waals surface area (Å²) >= 11 is 5.94. The molecule has 3 rings (SSSR count). The zero-order valence-corrected chi connectivity index (χ0v) is 15.3. The number of aromatic nitrogens is 3. The minimum absolute atomic E-state index is 0.426. The summed E-state index contributed by atoms with van der Waals surface area (Å²) in [6.45, 7) is 4.32. The first-order chi connectivity index (χ1) is 12.8. The molecule has 0 unspecified atom stereocenters. The Morgan fingerprint density at radius 1 is 1.19 bits per heavy atom. The van der Waals surface area contributed by atoms with Crippen LogP contribution in [-0.2, 0) is 6.54 Å². The average Bonchev–Trinajstić information content (AvgIpc) is 3.06. The highest BCUT2D eigenvalue weighted by molar-refractivity contribution is 6.30. The Morgan fingerprint density at radius 3 is 2.96 bits per heavy atom. The van der Waals surface area contributed by atoms with E-state index < -0.39 is 0 Å². The Balaban J connectivity index is 1.54. The van der Waals surface area contributed by atoms with Crippen LogP contribution in [-0.4, -0.2) is 40.3 Å². The topological polar surface area (TPSA) is 75.8 Å². The zero-order chi connectivity index (χ0) is 18.2. The normalized spacial score (nSPS) is 11.5. The smallest absolute Gasteiger partial charge is 0.191 e. The third kappa shape index (κ3) is 4.86. The molecule has 8 heteroatoms. The van der Waals surface area contributed by atoms with Crippen LogP contribution in [0.2, 0.25) is 5.02 Å². The van der Waals surface area contributed by atoms with Crippen LogP contribution in [0.4, 0.5) is 0 Å². The maximum absolute atomic E-state index is 5.94. The first-order valence-electron chi connectivity index (χ1n) is 8.45. The lowest BCUT2D eigenvalue weighted by Crippen LogP contribution is -2.39. The van der Waals surface area contributed by atoms with Crippen molar-refractivity contribution in [3.8, 4) is 5.75 Å². The van der Waals surface area contributed by atoms with E-state index >= 15 is 0 Å². The lowest BCUT2D eigenvalue weighted by Gasteiger charge is -2.12. The number of nitrogens with zero attached hydrogens (tertiary/aromatic N) is 4. The molecule has 0 saturated carbocycles. The summed E-state index contributed by atoms with van der Waals surface area (Å²) in [5.41, 5.74) is 0.811. The number of hydrogen-bond acceptors (Lipinski definition) is 4. The highest BCUT2D eigenvalue weighted by atomic mass is 35.5. The number of guanidine groups is 1. The first kappa shape index (κ1) is 18.0. The highest BCUT2D eigenvalue weighted by Gasteiger charge is 2.04. The van der Waals surface area contributed by atoms with Gasteiger partial charge in [0.05, 0.1) is 6.54 Å². The molecule has 7 nitrogen and oxygen atoms in total. The third-order valence-corrected chi connectivity index (χ3v) is 3.80. The minimum Gasteiger partial charge on any atom is -0.492 e. The Hall–Kier alpha value is -2.80. The van der Waals surface area contributed by atoms with E-state index in [1.807, 2.05) is 53.9 Å². The predicted molar refractivity (Wildman–Crippen MR) is 103 cm³/mol. The van der Waals surface area contributed by atoms with Crippen LogP contribution in [0.3, 0.4) is 0 Å². The molecule has 0 radical (unpaired) electrons. The molecule has 2 aromatic heterocycles. The molecule has 0 amide bonds. The van der Waals surface area contributed by atoms with E-state index in [1.54, 1.807) is 6.07 Å². The first-order valence-corrected chi connectivity index (χ1v) is 8.83. The second-order valence-corrected chi connectivity index (χ2v) is 5.91. The maximum atomic E-state index is 5.94. The van der Waals surface area contributed by atoms with E-state index in [2.05, 4.69) is 25.8 Å². The van der Waals surface area contributed by atoms with Gasteiger partial charge in [0, 0.05) is 17.8 Å². The quantitative estimate of drug-likeness (QED) is 0.378. The van der Waals surface area contributed by atoms with Crippen molar-refractivity contribution in [3.05, 3.63) is 59.5 Å². The van der Waals surface area contributed by atoms with Crippen molar-refractivity contribution >= 4 is 23.2 Å². The van der Waals surface area contributed by atoms with Crippen LogP contribution >= 0.6 is 11.6 Å². The van der Waals surface area contributed by atoms with Crippen LogP contribution in [0.1, 0.15) is 12.7 Å². The molecule has 26 heavy (non-hydrogen) atoms. The third-order valence-electron chi connectivity index (χ3n) is 3.57. The van der Waals surface area contributed by atoms with Gasteiger partial charge >= 0.3 is 0 Å². The van der Waals surface area contributed by atoms with Gasteiger partial charge in [0.1, 0.15) is 18.9 Å². The van der Waals surface area contributed by atoms with Gasteiger partial charge in [0.2, 0.25) is 0 Å². The number of rotatable bonds is 7. The second kappa shape index (κ2) is 9.05. The van der Waals surface area contributed by atoms with Crippen molar-refractivity contribution in [3.63, 3.8) is 0 Å². The van der Waals surface area contributed by atoms with Gasteiger partial charge < -0.3 is 15.4 Å². The van der Waals surface area contributed by atoms with Crippen LogP contribution in [0.25, 0.3) is 5.65 Å². The Labute approximate surface area is 157 Å². The molecule has 0 saturated heterocycles. The van der Waals surface area contributed by atoms with E-state index in [4.69, 9.17) is 16.3 Å². The monoisotopic (exact) mass is 372 g/mol. The zero-order valence-electron chi connectivity index (χ0n) is 14.5. The number of fused-ring (bicyclic) bond motifs is 1. The summed E-state index contributed by atoms with van der Waals surface area (Å²) in [6.07, 6.45) is 1.93. The number of aliphatic imine (C=N–C) groups is 1. The molecule has 2 heterocycles. The molecule has 0 aliphatic heterocycles. The van der Waals surface area contributed by atoms with E-state index in [0.29, 0.717) is 30.7 Å². The van der Waals surface area contributed by atoms with E-state index in [9.17, 15) is 0 Å². The van der Waals surface area contributed by atoms with E-state index in [1.165, 1.54) is 0 Å². The minimum atomic E-state index is 0.426. The molecule has 0 aliphatic rings. The Morgan fingerprint density at radius 2 is 2.12 bits per heavy atom. The fraction of sp³-hybridized carbons (Fsp3) is 0.278. The Kier molecular flexibility index (Phi) is 6.27. The van der Waals surface area contributed by atoms with Gasteiger partial charge in [-0.2, -0.15) is 0 Å². The number of halogens is 1. The largest absolute Gasteiger partial charge is 0.492 e. The van der Waals surface area contributed by atoms with Crippen LogP contribution < -0.4 is 15.4 Å². The Bertz CT molecular complexity index is 879. The van der Waals surface area contributed by atoms with Crippen molar-refractivity contribution < 1.29 is 4.74 Å². The van der Waals surface area contributed by atoms with Gasteiger partial charge in [-0.05, 0) is 37.3 Å². The van der Waals surface area contributed by atoms with Crippen molar-refractivity contribution in [2.24, 2.45) is 4.99 Å². The van der Waals surface area contributed by atoms with Crippen LogP contribution in [0.5, 0.6) is 5.75 Å². The van der Waals surface area contributed by atoms with Crippen LogP contribution in [0, 0.1) is 0 Å². The van der Waals surface area contributed by atoms with E-state index in [0.717, 1.165) is 23.8 Å². The lowest BCUT2D eigenvalue weighted by atomic mass is 10.3. The van der Waals surface area contributed by atoms with Gasteiger partial charge in [0.15, 0.2) is 17.4 Å². The van der Waals surface area contributed by atoms with Crippen molar-refractivity contribution in [1.29, 1.82) is 0 Å². The molecular weight excluding hydrogens is 352 g/mol. The summed E-state index contributed by atoms with van der Waals surface area (Å²) < 4.78 is 7.59. The number of pyridine rings is 1. The molecule has 1 aromatic carbocycles. The van der Waals surface area contributed by atoms with Crippen molar-refractivity contribution in [1.82, 2.24) is 25.2 Å². The molecular formula is C18H21ClN6O. The number of hydrogen-bond donors (Lipinski definition) is 2. The number of ether oxygens (including phenoxy) is 1. The van der Waals surface area contributed by atoms with Gasteiger partial charge in [-0.3, -0.25) is 4.40 Å². The summed E-state index contributed by atoms with van der Waals surface area (Å²) in [7, 11) is 0. The SMILES string of the molecule is CCNC(=NCc1nnc2ccccn12)NCCOc1cccc(Cl)c1. The summed E-state index contributed by atoms with van der Waals surface area (Å²) in [5, 5.41) is 15.4. The van der Waals surface area contributed by atoms with E-state index in [-0.39, 0.29) is 0 Å². The molecule has 0 fully saturated rings. The highest BCUT2D eigenvalue weighted by Crippen LogP contribution is 2.16. The number of benzene rings is 1. The fourth-order valence-electron chi connectivity index (χ4n) is 2.39. The predicted octanol–water partition coefficient (Wildman–Crippen LogP) is 2.52. The van der Waals surface area contributed by atoms with Crippen LogP contribution in [0.15, 0.2) is 53.7 Å². The molecule has 0 atom stereocenters. The molecule has 2 N–H and O–H groups in total. The van der Waals surface area contributed by atoms with Crippen molar-refractivity contribution in [2.45, 2.75) is 13.5 Å². The lowest BCUT2D eigenvalue weighted by molar-refractivity contribution is 0.322. The molecule has 0 bridgehead atoms. The molecule has 0 spiro atoms. The van der Waals surface area contributed by atoms with Gasteiger partial charge in [0.25, 0.3) is 0 Å². The second-order valence-electron chi connectivity index (χ2n) is 5.47. The summed E-state index contributed by atoms with van der Waals surface area (Å²) in [5.74, 6) is 2.24. The molecule has 3 aromatic rings. The maximum Gasteiger partial charge on any atom is 0.191 e. The van der Waals surface area contributed by atoms with Gasteiger partial charge in [-0.25, -0.2) is 4.99 Å². The van der Waals surface area contributed by atoms with Gasteiger partial charge in [-0.1, -0.05) is 23.7 Å². The standard InChI is InChI=1S/C18H21ClN6O/c1-2-20-18(21-9-11-26-15-7-5-6-14(19)12-15)22-13-17-24-23-16-8-3-4-10-25(16)17/h3-8,10,12H,2,9,11,13H2,1H3,(H2,20,21,22). The molecule has 0 aliphatic carbocycles.